The molecule has 0 saturated carbocycles. The average Bonchev–Trinajstić information content (AvgIpc) is 2.41. The van der Waals surface area contributed by atoms with Crippen molar-refractivity contribution in [2.75, 3.05) is 6.54 Å². The van der Waals surface area contributed by atoms with Crippen LogP contribution in [0.5, 0.6) is 0 Å². The second-order valence-corrected chi connectivity index (χ2v) is 6.06. The number of likely N-dealkylation sites (N-methyl/N-ethyl adjacent to an activating group) is 1. The standard InChI is InChI=1S/C17H21BrN2/c1-4-19-17(10-15-7-6-14(18)11-20-15)16-8-5-12(2)9-13(16)3/h5-9,11,17,19H,4,10H2,1-3H3. The maximum absolute atomic E-state index is 4.49. The third-order valence-electron chi connectivity index (χ3n) is 3.45. The Hall–Kier alpha value is -1.19. The van der Waals surface area contributed by atoms with Gasteiger partial charge < -0.3 is 5.32 Å². The molecule has 0 fully saturated rings. The molecular formula is C17H21BrN2. The van der Waals surface area contributed by atoms with Crippen LogP contribution in [0.1, 0.15) is 35.3 Å². The first-order valence-electron chi connectivity index (χ1n) is 7.01. The minimum absolute atomic E-state index is 0.314. The van der Waals surface area contributed by atoms with Crippen molar-refractivity contribution in [3.05, 3.63) is 63.4 Å². The van der Waals surface area contributed by atoms with Crippen molar-refractivity contribution in [3.63, 3.8) is 0 Å². The molecule has 0 spiro atoms. The van der Waals surface area contributed by atoms with Gasteiger partial charge in [-0.05, 0) is 59.6 Å². The van der Waals surface area contributed by atoms with Gasteiger partial charge >= 0.3 is 0 Å². The van der Waals surface area contributed by atoms with Crippen molar-refractivity contribution in [2.45, 2.75) is 33.2 Å². The Morgan fingerprint density at radius 2 is 2.00 bits per heavy atom. The van der Waals surface area contributed by atoms with Crippen LogP contribution in [-0.2, 0) is 6.42 Å². The summed E-state index contributed by atoms with van der Waals surface area (Å²) < 4.78 is 1.02. The first-order chi connectivity index (χ1) is 9.60. The lowest BCUT2D eigenvalue weighted by molar-refractivity contribution is 0.541. The molecule has 1 N–H and O–H groups in total. The zero-order valence-electron chi connectivity index (χ0n) is 12.3. The van der Waals surface area contributed by atoms with E-state index in [0.717, 1.165) is 23.1 Å². The number of hydrogen-bond donors (Lipinski definition) is 1. The lowest BCUT2D eigenvalue weighted by Gasteiger charge is -2.20. The fourth-order valence-electron chi connectivity index (χ4n) is 2.49. The molecule has 1 unspecified atom stereocenters. The molecule has 1 heterocycles. The Balaban J connectivity index is 2.24. The number of hydrogen-bond acceptors (Lipinski definition) is 2. The molecule has 0 aliphatic heterocycles. The molecule has 1 aromatic heterocycles. The van der Waals surface area contributed by atoms with E-state index in [4.69, 9.17) is 0 Å². The second kappa shape index (κ2) is 7.00. The van der Waals surface area contributed by atoms with Gasteiger partial charge in [0.2, 0.25) is 0 Å². The van der Waals surface area contributed by atoms with Crippen molar-refractivity contribution in [1.82, 2.24) is 10.3 Å². The molecule has 2 nitrogen and oxygen atoms in total. The Bertz CT molecular complexity index is 564. The minimum Gasteiger partial charge on any atom is -0.310 e. The summed E-state index contributed by atoms with van der Waals surface area (Å²) in [5, 5.41) is 3.57. The van der Waals surface area contributed by atoms with E-state index < -0.39 is 0 Å². The highest BCUT2D eigenvalue weighted by Gasteiger charge is 2.14. The first-order valence-corrected chi connectivity index (χ1v) is 7.80. The number of benzene rings is 1. The van der Waals surface area contributed by atoms with Crippen LogP contribution in [0.3, 0.4) is 0 Å². The van der Waals surface area contributed by atoms with Crippen molar-refractivity contribution >= 4 is 15.9 Å². The van der Waals surface area contributed by atoms with E-state index in [1.54, 1.807) is 0 Å². The average molecular weight is 333 g/mol. The fraction of sp³-hybridized carbons (Fsp3) is 0.353. The maximum Gasteiger partial charge on any atom is 0.0423 e. The van der Waals surface area contributed by atoms with Gasteiger partial charge in [-0.25, -0.2) is 0 Å². The molecule has 1 aromatic carbocycles. The third kappa shape index (κ3) is 3.90. The van der Waals surface area contributed by atoms with Gasteiger partial charge in [-0.3, -0.25) is 4.98 Å². The van der Waals surface area contributed by atoms with E-state index in [-0.39, 0.29) is 0 Å². The number of pyridine rings is 1. The quantitative estimate of drug-likeness (QED) is 0.880. The van der Waals surface area contributed by atoms with Crippen molar-refractivity contribution in [2.24, 2.45) is 0 Å². The molecule has 0 aliphatic carbocycles. The van der Waals surface area contributed by atoms with Crippen LogP contribution in [0.4, 0.5) is 0 Å². The van der Waals surface area contributed by atoms with Crippen LogP contribution in [0, 0.1) is 13.8 Å². The molecule has 2 rings (SSSR count). The highest BCUT2D eigenvalue weighted by atomic mass is 79.9. The van der Waals surface area contributed by atoms with E-state index in [1.807, 2.05) is 12.3 Å². The number of nitrogens with one attached hydrogen (secondary N) is 1. The number of halogens is 1. The van der Waals surface area contributed by atoms with Crippen LogP contribution in [-0.4, -0.2) is 11.5 Å². The summed E-state index contributed by atoms with van der Waals surface area (Å²) in [6.45, 7) is 7.41. The molecule has 0 amide bonds. The Morgan fingerprint density at radius 1 is 1.20 bits per heavy atom. The normalized spacial score (nSPS) is 12.4. The molecule has 1 atom stereocenters. The highest BCUT2D eigenvalue weighted by molar-refractivity contribution is 9.10. The van der Waals surface area contributed by atoms with E-state index >= 15 is 0 Å². The summed E-state index contributed by atoms with van der Waals surface area (Å²) in [6.07, 6.45) is 2.77. The molecule has 106 valence electrons. The molecule has 0 radical (unpaired) electrons. The summed E-state index contributed by atoms with van der Waals surface area (Å²) in [5.41, 5.74) is 5.12. The lowest BCUT2D eigenvalue weighted by Crippen LogP contribution is -2.24. The SMILES string of the molecule is CCNC(Cc1ccc(Br)cn1)c1ccc(C)cc1C. The van der Waals surface area contributed by atoms with E-state index in [0.29, 0.717) is 6.04 Å². The topological polar surface area (TPSA) is 24.9 Å². The number of nitrogens with zero attached hydrogens (tertiary/aromatic N) is 1. The zero-order valence-corrected chi connectivity index (χ0v) is 13.9. The van der Waals surface area contributed by atoms with Crippen LogP contribution < -0.4 is 5.32 Å². The van der Waals surface area contributed by atoms with Gasteiger partial charge in [0.05, 0.1) is 0 Å². The lowest BCUT2D eigenvalue weighted by atomic mass is 9.96. The molecule has 3 heteroatoms. The van der Waals surface area contributed by atoms with Gasteiger partial charge in [-0.2, -0.15) is 0 Å². The minimum atomic E-state index is 0.314. The molecule has 0 saturated heterocycles. The Morgan fingerprint density at radius 3 is 2.60 bits per heavy atom. The monoisotopic (exact) mass is 332 g/mol. The van der Waals surface area contributed by atoms with Crippen molar-refractivity contribution < 1.29 is 0 Å². The van der Waals surface area contributed by atoms with Gasteiger partial charge in [0.1, 0.15) is 0 Å². The number of aromatic nitrogens is 1. The predicted octanol–water partition coefficient (Wildman–Crippen LogP) is 4.35. The predicted molar refractivity (Wildman–Crippen MR) is 88.0 cm³/mol. The van der Waals surface area contributed by atoms with Crippen molar-refractivity contribution in [1.29, 1.82) is 0 Å². The first kappa shape index (κ1) is 15.2. The van der Waals surface area contributed by atoms with Gasteiger partial charge in [-0.15, -0.1) is 0 Å². The largest absolute Gasteiger partial charge is 0.310 e. The van der Waals surface area contributed by atoms with Gasteiger partial charge in [0.25, 0.3) is 0 Å². The van der Waals surface area contributed by atoms with Gasteiger partial charge in [0.15, 0.2) is 0 Å². The van der Waals surface area contributed by atoms with E-state index in [9.17, 15) is 0 Å². The number of aryl methyl sites for hydroxylation is 2. The van der Waals surface area contributed by atoms with Crippen LogP contribution >= 0.6 is 15.9 Å². The molecule has 0 aliphatic rings. The summed E-state index contributed by atoms with van der Waals surface area (Å²) in [6, 6.07) is 11.1. The summed E-state index contributed by atoms with van der Waals surface area (Å²) in [4.78, 5) is 4.49. The zero-order chi connectivity index (χ0) is 14.5. The van der Waals surface area contributed by atoms with Crippen LogP contribution in [0.25, 0.3) is 0 Å². The smallest absolute Gasteiger partial charge is 0.0423 e. The number of rotatable bonds is 5. The molecule has 0 bridgehead atoms. The van der Waals surface area contributed by atoms with Gasteiger partial charge in [-0.1, -0.05) is 30.7 Å². The Labute approximate surface area is 129 Å². The highest BCUT2D eigenvalue weighted by Crippen LogP contribution is 2.22. The third-order valence-corrected chi connectivity index (χ3v) is 3.92. The Kier molecular flexibility index (Phi) is 5.32. The summed E-state index contributed by atoms with van der Waals surface area (Å²) in [7, 11) is 0. The molecular weight excluding hydrogens is 312 g/mol. The van der Waals surface area contributed by atoms with Crippen LogP contribution in [0.15, 0.2) is 41.0 Å². The van der Waals surface area contributed by atoms with E-state index in [1.165, 1.54) is 16.7 Å². The van der Waals surface area contributed by atoms with Gasteiger partial charge in [0, 0.05) is 28.8 Å². The fourth-order valence-corrected chi connectivity index (χ4v) is 2.73. The maximum atomic E-state index is 4.49. The second-order valence-electron chi connectivity index (χ2n) is 5.14. The molecule has 20 heavy (non-hydrogen) atoms. The van der Waals surface area contributed by atoms with Crippen molar-refractivity contribution in [3.8, 4) is 0 Å². The molecule has 2 aromatic rings. The summed E-state index contributed by atoms with van der Waals surface area (Å²) >= 11 is 3.43. The van der Waals surface area contributed by atoms with Crippen LogP contribution in [0.2, 0.25) is 0 Å². The van der Waals surface area contributed by atoms with E-state index in [2.05, 4.69) is 71.3 Å². The summed E-state index contributed by atoms with van der Waals surface area (Å²) in [5.74, 6) is 0.